The fourth-order valence-corrected chi connectivity index (χ4v) is 1.92. The third-order valence-electron chi connectivity index (χ3n) is 2.79. The van der Waals surface area contributed by atoms with Gasteiger partial charge in [-0.2, -0.15) is 0 Å². The first-order valence-corrected chi connectivity index (χ1v) is 5.96. The molecule has 2 aromatic heterocycles. The molecule has 0 unspecified atom stereocenters. The summed E-state index contributed by atoms with van der Waals surface area (Å²) in [6.07, 6.45) is 3.98. The molecule has 8 nitrogen and oxygen atoms in total. The molecule has 1 amide bonds. The molecular weight excluding hydrogens is 246 g/mol. The summed E-state index contributed by atoms with van der Waals surface area (Å²) in [5, 5.41) is 0. The average Bonchev–Trinajstić information content (AvgIpc) is 2.73. The highest BCUT2D eigenvalue weighted by atomic mass is 16.1. The second-order valence-corrected chi connectivity index (χ2v) is 4.43. The van der Waals surface area contributed by atoms with Gasteiger partial charge in [0.15, 0.2) is 11.5 Å². The molecule has 0 aliphatic heterocycles. The number of imidazole rings is 1. The van der Waals surface area contributed by atoms with Crippen LogP contribution in [0.25, 0.3) is 11.2 Å². The van der Waals surface area contributed by atoms with Gasteiger partial charge in [0.05, 0.1) is 12.9 Å². The lowest BCUT2D eigenvalue weighted by atomic mass is 10.3. The van der Waals surface area contributed by atoms with Crippen LogP contribution in [-0.2, 0) is 11.3 Å². The maximum atomic E-state index is 10.7. The van der Waals surface area contributed by atoms with Crippen molar-refractivity contribution >= 4 is 22.9 Å². The third-order valence-corrected chi connectivity index (χ3v) is 2.79. The van der Waals surface area contributed by atoms with Gasteiger partial charge in [-0.15, -0.1) is 0 Å². The van der Waals surface area contributed by atoms with Crippen LogP contribution in [0.2, 0.25) is 0 Å². The molecule has 0 fully saturated rings. The van der Waals surface area contributed by atoms with Crippen molar-refractivity contribution in [2.24, 2.45) is 5.73 Å². The number of primary amides is 1. The van der Waals surface area contributed by atoms with Gasteiger partial charge in [-0.1, -0.05) is 0 Å². The van der Waals surface area contributed by atoms with Crippen LogP contribution in [0.1, 0.15) is 6.42 Å². The van der Waals surface area contributed by atoms with Gasteiger partial charge < -0.3 is 16.0 Å². The lowest BCUT2D eigenvalue weighted by molar-refractivity contribution is -0.118. The van der Waals surface area contributed by atoms with E-state index in [4.69, 9.17) is 11.5 Å². The normalized spacial score (nSPS) is 11.3. The Bertz CT molecular complexity index is 579. The molecule has 8 heteroatoms. The van der Waals surface area contributed by atoms with Gasteiger partial charge in [-0.05, 0) is 13.5 Å². The van der Waals surface area contributed by atoms with Crippen LogP contribution in [-0.4, -0.2) is 50.5 Å². The lowest BCUT2D eigenvalue weighted by Gasteiger charge is -2.14. The van der Waals surface area contributed by atoms with E-state index in [0.29, 0.717) is 11.3 Å². The second-order valence-electron chi connectivity index (χ2n) is 4.43. The molecule has 0 aromatic carbocycles. The second kappa shape index (κ2) is 5.61. The molecule has 102 valence electrons. The number of nitrogen functional groups attached to an aromatic ring is 1. The Morgan fingerprint density at radius 2 is 2.21 bits per heavy atom. The minimum absolute atomic E-state index is 0.264. The molecule has 0 bridgehead atoms. The molecule has 0 saturated carbocycles. The minimum Gasteiger partial charge on any atom is -0.382 e. The van der Waals surface area contributed by atoms with Crippen LogP contribution in [0, 0.1) is 0 Å². The number of hydrogen-bond acceptors (Lipinski definition) is 6. The highest BCUT2D eigenvalue weighted by Gasteiger charge is 2.08. The van der Waals surface area contributed by atoms with Crippen molar-refractivity contribution in [3.63, 3.8) is 0 Å². The van der Waals surface area contributed by atoms with E-state index < -0.39 is 0 Å². The Morgan fingerprint density at radius 1 is 1.42 bits per heavy atom. The standard InChI is InChI=1S/C11H17N7O/c1-17(5-8(12)19)3-2-4-18-7-16-9-10(13)14-6-15-11(9)18/h6-7H,2-5H2,1H3,(H2,12,19)(H2,13,14,15). The van der Waals surface area contributed by atoms with Gasteiger partial charge in [0.1, 0.15) is 11.8 Å². The van der Waals surface area contributed by atoms with Crippen molar-refractivity contribution < 1.29 is 4.79 Å². The van der Waals surface area contributed by atoms with E-state index in [2.05, 4.69) is 15.0 Å². The number of carbonyl (C=O) groups is 1. The zero-order valence-electron chi connectivity index (χ0n) is 10.8. The number of fused-ring (bicyclic) bond motifs is 1. The van der Waals surface area contributed by atoms with Crippen molar-refractivity contribution in [1.82, 2.24) is 24.4 Å². The van der Waals surface area contributed by atoms with E-state index in [1.54, 1.807) is 6.33 Å². The monoisotopic (exact) mass is 263 g/mol. The molecule has 0 radical (unpaired) electrons. The average molecular weight is 263 g/mol. The van der Waals surface area contributed by atoms with Gasteiger partial charge in [0, 0.05) is 13.1 Å². The van der Waals surface area contributed by atoms with Gasteiger partial charge in [-0.3, -0.25) is 9.69 Å². The van der Waals surface area contributed by atoms with Gasteiger partial charge in [0.25, 0.3) is 0 Å². The predicted molar refractivity (Wildman–Crippen MR) is 71.0 cm³/mol. The first-order chi connectivity index (χ1) is 9.08. The third kappa shape index (κ3) is 3.16. The first kappa shape index (κ1) is 13.2. The number of aryl methyl sites for hydroxylation is 1. The molecule has 0 saturated heterocycles. The number of anilines is 1. The zero-order chi connectivity index (χ0) is 13.8. The van der Waals surface area contributed by atoms with E-state index in [1.807, 2.05) is 16.5 Å². The first-order valence-electron chi connectivity index (χ1n) is 5.96. The summed E-state index contributed by atoms with van der Waals surface area (Å²) < 4.78 is 1.92. The molecule has 0 spiro atoms. The molecular formula is C11H17N7O. The summed E-state index contributed by atoms with van der Waals surface area (Å²) in [6.45, 7) is 1.78. The van der Waals surface area contributed by atoms with Crippen LogP contribution in [0.3, 0.4) is 0 Å². The molecule has 2 heterocycles. The van der Waals surface area contributed by atoms with E-state index >= 15 is 0 Å². The SMILES string of the molecule is CN(CCCn1cnc2c(N)ncnc21)CC(N)=O. The zero-order valence-corrected chi connectivity index (χ0v) is 10.8. The van der Waals surface area contributed by atoms with E-state index in [9.17, 15) is 4.79 Å². The molecule has 0 aliphatic rings. The Morgan fingerprint density at radius 3 is 2.95 bits per heavy atom. The Kier molecular flexibility index (Phi) is 3.91. The van der Waals surface area contributed by atoms with Crippen molar-refractivity contribution in [1.29, 1.82) is 0 Å². The van der Waals surface area contributed by atoms with Crippen LogP contribution >= 0.6 is 0 Å². The largest absolute Gasteiger partial charge is 0.382 e. The van der Waals surface area contributed by atoms with Crippen LogP contribution in [0.5, 0.6) is 0 Å². The van der Waals surface area contributed by atoms with Crippen LogP contribution in [0.4, 0.5) is 5.82 Å². The lowest BCUT2D eigenvalue weighted by Crippen LogP contribution is -2.31. The Hall–Kier alpha value is -2.22. The molecule has 2 rings (SSSR count). The Balaban J connectivity index is 1.95. The summed E-state index contributed by atoms with van der Waals surface area (Å²) in [5.41, 5.74) is 12.2. The fourth-order valence-electron chi connectivity index (χ4n) is 1.92. The maximum absolute atomic E-state index is 10.7. The highest BCUT2D eigenvalue weighted by molar-refractivity contribution is 5.81. The van der Waals surface area contributed by atoms with Crippen molar-refractivity contribution in [2.45, 2.75) is 13.0 Å². The summed E-state index contributed by atoms with van der Waals surface area (Å²) in [6, 6.07) is 0. The van der Waals surface area contributed by atoms with Gasteiger partial charge in [-0.25, -0.2) is 15.0 Å². The van der Waals surface area contributed by atoms with Crippen LogP contribution in [0.15, 0.2) is 12.7 Å². The molecule has 0 aliphatic carbocycles. The van der Waals surface area contributed by atoms with Crippen molar-refractivity contribution in [3.05, 3.63) is 12.7 Å². The van der Waals surface area contributed by atoms with Crippen molar-refractivity contribution in [2.75, 3.05) is 25.9 Å². The van der Waals surface area contributed by atoms with E-state index in [-0.39, 0.29) is 12.5 Å². The predicted octanol–water partition coefficient (Wildman–Crippen LogP) is -0.784. The van der Waals surface area contributed by atoms with Gasteiger partial charge >= 0.3 is 0 Å². The fraction of sp³-hybridized carbons (Fsp3) is 0.455. The van der Waals surface area contributed by atoms with E-state index in [0.717, 1.165) is 25.2 Å². The highest BCUT2D eigenvalue weighted by Crippen LogP contribution is 2.14. The summed E-state index contributed by atoms with van der Waals surface area (Å²) >= 11 is 0. The number of likely N-dealkylation sites (N-methyl/N-ethyl adjacent to an activating group) is 1. The van der Waals surface area contributed by atoms with Gasteiger partial charge in [0.2, 0.25) is 5.91 Å². The van der Waals surface area contributed by atoms with Crippen molar-refractivity contribution in [3.8, 4) is 0 Å². The number of nitrogens with zero attached hydrogens (tertiary/aromatic N) is 5. The molecule has 19 heavy (non-hydrogen) atoms. The summed E-state index contributed by atoms with van der Waals surface area (Å²) in [7, 11) is 1.86. The minimum atomic E-state index is -0.323. The topological polar surface area (TPSA) is 116 Å². The number of amides is 1. The Labute approximate surface area is 110 Å². The number of aromatic nitrogens is 4. The molecule has 0 atom stereocenters. The summed E-state index contributed by atoms with van der Waals surface area (Å²) in [5.74, 6) is 0.0608. The van der Waals surface area contributed by atoms with Crippen LogP contribution < -0.4 is 11.5 Å². The molecule has 2 aromatic rings. The summed E-state index contributed by atoms with van der Waals surface area (Å²) in [4.78, 5) is 24.9. The number of hydrogen-bond donors (Lipinski definition) is 2. The maximum Gasteiger partial charge on any atom is 0.231 e. The van der Waals surface area contributed by atoms with E-state index in [1.165, 1.54) is 6.33 Å². The quantitative estimate of drug-likeness (QED) is 0.706. The number of nitrogens with two attached hydrogens (primary N) is 2. The number of carbonyl (C=O) groups excluding carboxylic acids is 1. The number of rotatable bonds is 6. The molecule has 4 N–H and O–H groups in total. The smallest absolute Gasteiger partial charge is 0.231 e.